The van der Waals surface area contributed by atoms with Crippen LogP contribution in [0.5, 0.6) is 23.0 Å². The third kappa shape index (κ3) is 10.7. The van der Waals surface area contributed by atoms with Crippen LogP contribution in [0, 0.1) is 0 Å². The summed E-state index contributed by atoms with van der Waals surface area (Å²) in [7, 11) is 0. The Morgan fingerprint density at radius 1 is 0.703 bits per heavy atom. The van der Waals surface area contributed by atoms with Crippen molar-refractivity contribution in [2.75, 3.05) is 13.1 Å². The molecule has 4 N–H and O–H groups in total. The van der Waals surface area contributed by atoms with E-state index in [0.717, 1.165) is 12.8 Å². The number of aliphatic imine (C=N–C) groups is 2. The smallest absolute Gasteiger partial charge is 0.655 e. The number of phenolic OH excluding ortho intramolecular Hbond substituents is 4. The van der Waals surface area contributed by atoms with Crippen molar-refractivity contribution in [3.05, 3.63) is 58.2 Å². The fraction of sp³-hybridized carbons (Fsp3) is 0.500. The predicted octanol–water partition coefficient (Wildman–Crippen LogP) is 5.66. The molecule has 0 aromatic heterocycles. The second-order valence-corrected chi connectivity index (χ2v) is 9.64. The summed E-state index contributed by atoms with van der Waals surface area (Å²) in [4.78, 5) is 8.66. The molecule has 0 radical (unpaired) electrons. The number of benzene rings is 2. The van der Waals surface area contributed by atoms with Crippen molar-refractivity contribution >= 4 is 12.4 Å². The first kappa shape index (κ1) is 30.6. The van der Waals surface area contributed by atoms with Gasteiger partial charge in [0.2, 0.25) is 0 Å². The van der Waals surface area contributed by atoms with Crippen LogP contribution < -0.4 is 0 Å². The molecule has 37 heavy (non-hydrogen) atoms. The average Bonchev–Trinajstić information content (AvgIpc) is 2.82. The number of aromatic hydroxyl groups is 4. The monoisotopic (exact) mass is 552 g/mol. The minimum absolute atomic E-state index is 0. The van der Waals surface area contributed by atoms with Gasteiger partial charge in [0.25, 0.3) is 0 Å². The number of rotatable bonds is 6. The summed E-state index contributed by atoms with van der Waals surface area (Å²) < 4.78 is 0. The van der Waals surface area contributed by atoms with Gasteiger partial charge >= 0.3 is 16.5 Å². The summed E-state index contributed by atoms with van der Waals surface area (Å²) in [6, 6.07) is 10.5. The fourth-order valence-corrected chi connectivity index (χ4v) is 4.42. The van der Waals surface area contributed by atoms with Gasteiger partial charge in [0.1, 0.15) is 23.0 Å². The van der Waals surface area contributed by atoms with E-state index < -0.39 is 0 Å². The molecule has 0 aliphatic carbocycles. The van der Waals surface area contributed by atoms with Crippen LogP contribution in [-0.4, -0.2) is 70.1 Å². The van der Waals surface area contributed by atoms with E-state index in [1.54, 1.807) is 24.6 Å². The molecule has 0 amide bonds. The molecule has 2 fully saturated rings. The van der Waals surface area contributed by atoms with Crippen molar-refractivity contribution in [1.82, 2.24) is 0 Å². The second kappa shape index (κ2) is 15.6. The molecule has 2 aromatic carbocycles. The van der Waals surface area contributed by atoms with Crippen LogP contribution in [0.15, 0.2) is 46.4 Å². The third-order valence-electron chi connectivity index (χ3n) is 6.37. The summed E-state index contributed by atoms with van der Waals surface area (Å²) in [5.74, 6) is 0.210. The molecule has 4 rings (SSSR count). The quantitative estimate of drug-likeness (QED) is 0.271. The zero-order chi connectivity index (χ0) is 25.9. The van der Waals surface area contributed by atoms with Gasteiger partial charge in [-0.25, -0.2) is 0 Å². The Morgan fingerprint density at radius 2 is 1.11 bits per heavy atom. The van der Waals surface area contributed by atoms with Crippen LogP contribution in [-0.2, 0) is 16.5 Å². The molecule has 2 aliphatic rings. The Bertz CT molecular complexity index is 952. The zero-order valence-electron chi connectivity index (χ0n) is 21.5. The molecule has 204 valence electrons. The molecule has 2 aromatic rings. The van der Waals surface area contributed by atoms with Crippen LogP contribution in [0.25, 0.3) is 10.6 Å². The van der Waals surface area contributed by atoms with E-state index in [2.05, 4.69) is 34.5 Å². The average molecular weight is 553 g/mol. The van der Waals surface area contributed by atoms with E-state index in [9.17, 15) is 20.4 Å². The first-order valence-electron chi connectivity index (χ1n) is 12.7. The first-order chi connectivity index (χ1) is 17.3. The van der Waals surface area contributed by atoms with Gasteiger partial charge in [0.15, 0.2) is 0 Å². The summed E-state index contributed by atoms with van der Waals surface area (Å²) in [5.41, 5.74) is 1.24. The summed E-state index contributed by atoms with van der Waals surface area (Å²) in [6.45, 7) is 5.62. The van der Waals surface area contributed by atoms with Crippen molar-refractivity contribution in [2.45, 2.75) is 76.5 Å². The van der Waals surface area contributed by atoms with Crippen molar-refractivity contribution in [1.29, 1.82) is 0 Å². The maximum Gasteiger partial charge on any atom is 2.00 e. The maximum atomic E-state index is 9.60. The maximum absolute atomic E-state index is 9.60. The van der Waals surface area contributed by atoms with Gasteiger partial charge in [-0.15, -0.1) is 24.2 Å². The third-order valence-corrected chi connectivity index (χ3v) is 6.37. The Hall–Kier alpha value is -2.61. The van der Waals surface area contributed by atoms with Crippen LogP contribution in [0.1, 0.15) is 63.5 Å². The predicted molar refractivity (Wildman–Crippen MR) is 145 cm³/mol. The van der Waals surface area contributed by atoms with Crippen LogP contribution >= 0.6 is 0 Å². The van der Waals surface area contributed by atoms with E-state index in [4.69, 9.17) is 0 Å². The van der Waals surface area contributed by atoms with E-state index in [-0.39, 0.29) is 39.5 Å². The number of nitrogens with zero attached hydrogens (tertiary/aromatic N) is 4. The van der Waals surface area contributed by atoms with Gasteiger partial charge in [-0.05, 0) is 24.3 Å². The van der Waals surface area contributed by atoms with Gasteiger partial charge in [-0.2, -0.15) is 0 Å². The van der Waals surface area contributed by atoms with E-state index in [0.29, 0.717) is 48.4 Å². The van der Waals surface area contributed by atoms with Crippen LogP contribution in [0.4, 0.5) is 0 Å². The van der Waals surface area contributed by atoms with Gasteiger partial charge in [0, 0.05) is 48.8 Å². The second-order valence-electron chi connectivity index (χ2n) is 9.64. The van der Waals surface area contributed by atoms with Crippen molar-refractivity contribution in [3.8, 4) is 23.0 Å². The van der Waals surface area contributed by atoms with Gasteiger partial charge < -0.3 is 31.1 Å². The number of hydrogen-bond donors (Lipinski definition) is 4. The first-order valence-corrected chi connectivity index (χ1v) is 12.7. The fourth-order valence-electron chi connectivity index (χ4n) is 4.42. The Morgan fingerprint density at radius 3 is 1.46 bits per heavy atom. The Labute approximate surface area is 229 Å². The minimum atomic E-state index is 0. The standard InChI is InChI=1S/2C14H19N2O2.Ni/c2*1-10-3-2-4-12(16-10)9-15-8-11-5-6-13(17)7-14(11)18;/h2*5-8,10,12,17-18H,2-4,9H2,1H3;/q2*-1;+2. The molecular weight excluding hydrogens is 515 g/mol. The summed E-state index contributed by atoms with van der Waals surface area (Å²) in [5, 5.41) is 46.8. The zero-order valence-corrected chi connectivity index (χ0v) is 22.5. The molecule has 0 bridgehead atoms. The number of phenols is 4. The van der Waals surface area contributed by atoms with Gasteiger partial charge in [-0.3, -0.25) is 9.98 Å². The molecule has 2 saturated heterocycles. The molecule has 0 spiro atoms. The molecule has 4 atom stereocenters. The van der Waals surface area contributed by atoms with Crippen molar-refractivity contribution in [2.24, 2.45) is 9.98 Å². The molecule has 8 nitrogen and oxygen atoms in total. The van der Waals surface area contributed by atoms with Crippen LogP contribution in [0.3, 0.4) is 0 Å². The summed E-state index contributed by atoms with van der Waals surface area (Å²) >= 11 is 0. The minimum Gasteiger partial charge on any atom is -0.655 e. The number of hydrogen-bond acceptors (Lipinski definition) is 6. The van der Waals surface area contributed by atoms with Crippen LogP contribution in [0.2, 0.25) is 0 Å². The van der Waals surface area contributed by atoms with Crippen molar-refractivity contribution in [3.63, 3.8) is 0 Å². The normalized spacial score (nSPS) is 23.8. The molecule has 9 heteroatoms. The van der Waals surface area contributed by atoms with E-state index in [1.165, 1.54) is 49.9 Å². The van der Waals surface area contributed by atoms with Crippen molar-refractivity contribution < 1.29 is 36.9 Å². The van der Waals surface area contributed by atoms with E-state index >= 15 is 0 Å². The topological polar surface area (TPSA) is 134 Å². The Balaban J connectivity index is 0.000000253. The summed E-state index contributed by atoms with van der Waals surface area (Å²) in [6.07, 6.45) is 10.3. The van der Waals surface area contributed by atoms with E-state index in [1.807, 2.05) is 0 Å². The SMILES string of the molecule is CC1CCCC(CN=Cc2ccc(O)cc2O)[N-]1.CC1CCCC(CN=Cc2ccc(O)cc2O)[N-]1.[Ni+2]. The molecule has 2 aliphatic heterocycles. The molecule has 4 unspecified atom stereocenters. The molecular formula is C28H38N4NiO4. The largest absolute Gasteiger partial charge is 2.00 e. The van der Waals surface area contributed by atoms with Gasteiger partial charge in [-0.1, -0.05) is 52.4 Å². The van der Waals surface area contributed by atoms with Gasteiger partial charge in [0.05, 0.1) is 0 Å². The number of piperidine rings is 2. The Kier molecular flexibility index (Phi) is 12.9. The molecule has 2 heterocycles. The molecule has 0 saturated carbocycles.